The maximum absolute atomic E-state index is 13.5. The minimum Gasteiger partial charge on any atom is -0.485 e. The lowest BCUT2D eigenvalue weighted by Crippen LogP contribution is -2.76. The minimum absolute atomic E-state index is 0.0533. The number of hydroxylamine groups is 2. The highest BCUT2D eigenvalue weighted by atomic mass is 32.3. The Hall–Kier alpha value is -4.41. The van der Waals surface area contributed by atoms with E-state index in [9.17, 15) is 27.9 Å². The Bertz CT molecular complexity index is 1870. The fourth-order valence-corrected chi connectivity index (χ4v) is 7.40. The Morgan fingerprint density at radius 1 is 1.25 bits per heavy atom. The van der Waals surface area contributed by atoms with Crippen LogP contribution in [0.15, 0.2) is 28.7 Å². The van der Waals surface area contributed by atoms with Crippen molar-refractivity contribution in [2.75, 3.05) is 19.4 Å². The Labute approximate surface area is 303 Å². The van der Waals surface area contributed by atoms with Gasteiger partial charge in [0.25, 0.3) is 17.4 Å². The molecule has 19 nitrogen and oxygen atoms in total. The van der Waals surface area contributed by atoms with Crippen molar-refractivity contribution in [3.05, 3.63) is 40.4 Å². The van der Waals surface area contributed by atoms with Crippen molar-refractivity contribution in [1.29, 1.82) is 5.41 Å². The number of carboxylic acid groups (broad SMARTS) is 1. The average Bonchev–Trinajstić information content (AvgIpc) is 3.54. The first-order valence-electron chi connectivity index (χ1n) is 16.3. The molecule has 21 heteroatoms. The van der Waals surface area contributed by atoms with Crippen LogP contribution in [-0.4, -0.2) is 106 Å². The number of aryl methyl sites for hydroxylation is 1. The van der Waals surface area contributed by atoms with Crippen molar-refractivity contribution in [2.24, 2.45) is 10.9 Å². The number of β-lactam (4-membered cyclic amide) rings is 1. The number of hydrogen-bond donors (Lipinski definition) is 7. The van der Waals surface area contributed by atoms with E-state index in [0.717, 1.165) is 42.6 Å². The number of carboxylic acids is 1. The van der Waals surface area contributed by atoms with E-state index in [1.54, 1.807) is 19.2 Å². The SMILES string of the molecule is COC1(CN)CCC(NC(=N)c2ccc3c(c2)CCC(C(C)(ON=C(C(=O)NC2C(=O)N(OS(=O)(=O)O)C2(C)C)c2csc(N)n2)C(=O)O)O3)CC1. The highest BCUT2D eigenvalue weighted by Gasteiger charge is 2.58. The van der Waals surface area contributed by atoms with Crippen LogP contribution >= 0.6 is 11.3 Å². The number of hydrogen-bond acceptors (Lipinski definition) is 15. The number of aliphatic carboxylic acids is 1. The number of amides is 2. The predicted molar refractivity (Wildman–Crippen MR) is 186 cm³/mol. The van der Waals surface area contributed by atoms with Crippen molar-refractivity contribution in [2.45, 2.75) is 94.2 Å². The zero-order chi connectivity index (χ0) is 38.2. The molecule has 0 bridgehead atoms. The van der Waals surface area contributed by atoms with Gasteiger partial charge < -0.3 is 41.5 Å². The molecular weight excluding hydrogens is 725 g/mol. The molecule has 2 aromatic rings. The molecule has 2 fully saturated rings. The molecule has 1 aromatic heterocycles. The molecule has 9 N–H and O–H groups in total. The third kappa shape index (κ3) is 7.83. The van der Waals surface area contributed by atoms with Gasteiger partial charge in [0.15, 0.2) is 16.9 Å². The van der Waals surface area contributed by atoms with Crippen LogP contribution in [0.1, 0.15) is 69.7 Å². The zero-order valence-corrected chi connectivity index (χ0v) is 30.5. The Balaban J connectivity index is 1.29. The van der Waals surface area contributed by atoms with Crippen molar-refractivity contribution < 1.29 is 51.1 Å². The first-order valence-corrected chi connectivity index (χ1v) is 18.5. The summed E-state index contributed by atoms with van der Waals surface area (Å²) in [5.41, 5.74) is 8.57. The van der Waals surface area contributed by atoms with Gasteiger partial charge in [-0.05, 0) is 83.1 Å². The van der Waals surface area contributed by atoms with Gasteiger partial charge in [-0.25, -0.2) is 9.78 Å². The molecule has 1 saturated heterocycles. The van der Waals surface area contributed by atoms with Gasteiger partial charge in [0, 0.05) is 30.6 Å². The molecule has 2 amide bonds. The normalized spacial score (nSPS) is 25.5. The first-order chi connectivity index (χ1) is 24.3. The molecule has 1 saturated carbocycles. The lowest BCUT2D eigenvalue weighted by atomic mass is 9.82. The van der Waals surface area contributed by atoms with Gasteiger partial charge in [0.05, 0.1) is 11.1 Å². The van der Waals surface area contributed by atoms with Crippen molar-refractivity contribution in [1.82, 2.24) is 20.7 Å². The smallest absolute Gasteiger partial charge is 0.418 e. The van der Waals surface area contributed by atoms with E-state index in [1.807, 2.05) is 6.07 Å². The summed E-state index contributed by atoms with van der Waals surface area (Å²) in [6.45, 7) is 4.41. The molecule has 284 valence electrons. The van der Waals surface area contributed by atoms with E-state index >= 15 is 0 Å². The molecule has 1 aliphatic carbocycles. The van der Waals surface area contributed by atoms with Crippen LogP contribution < -0.4 is 26.8 Å². The molecule has 3 atom stereocenters. The molecule has 3 heterocycles. The van der Waals surface area contributed by atoms with E-state index in [-0.39, 0.29) is 34.7 Å². The second-order valence-electron chi connectivity index (χ2n) is 13.6. The van der Waals surface area contributed by atoms with Gasteiger partial charge >= 0.3 is 16.4 Å². The Morgan fingerprint density at radius 3 is 2.50 bits per heavy atom. The van der Waals surface area contributed by atoms with Gasteiger partial charge in [-0.2, -0.15) is 13.5 Å². The second-order valence-corrected chi connectivity index (χ2v) is 15.5. The number of carbonyl (C=O) groups is 3. The Kier molecular flexibility index (Phi) is 10.9. The molecule has 5 rings (SSSR count). The van der Waals surface area contributed by atoms with Gasteiger partial charge in [-0.1, -0.05) is 5.16 Å². The van der Waals surface area contributed by atoms with Crippen LogP contribution in [0.2, 0.25) is 0 Å². The average molecular weight is 767 g/mol. The van der Waals surface area contributed by atoms with Gasteiger partial charge in [0.1, 0.15) is 23.3 Å². The van der Waals surface area contributed by atoms with E-state index in [1.165, 1.54) is 26.2 Å². The number of nitrogens with zero attached hydrogens (tertiary/aromatic N) is 3. The summed E-state index contributed by atoms with van der Waals surface area (Å²) in [4.78, 5) is 48.5. The number of anilines is 1. The summed E-state index contributed by atoms with van der Waals surface area (Å²) < 4.78 is 47.5. The lowest BCUT2D eigenvalue weighted by molar-refractivity contribution is -0.218. The van der Waals surface area contributed by atoms with E-state index in [4.69, 9.17) is 35.7 Å². The molecular formula is C31H42N8O11S2. The standard InChI is InChI=1S/C31H42N8O11S2/c1-29(2)23(26(41)39(29)50-52(44,45)46)37-25(40)22(19-14-51-28(34)36-19)38-49-30(3,27(42)43)21-8-6-16-13-17(5-7-20(16)48-21)24(33)35-18-9-11-31(15-32,47-4)12-10-18/h5,7,13-14,18,21,23H,6,8-12,15,32H2,1-4H3,(H2,33,35)(H2,34,36)(H,37,40)(H,42,43)(H,44,45,46). The van der Waals surface area contributed by atoms with E-state index in [2.05, 4.69) is 25.1 Å². The largest absolute Gasteiger partial charge is 0.485 e. The summed E-state index contributed by atoms with van der Waals surface area (Å²) in [5, 5.41) is 30.4. The molecule has 3 aliphatic rings. The van der Waals surface area contributed by atoms with Crippen molar-refractivity contribution >= 4 is 56.2 Å². The summed E-state index contributed by atoms with van der Waals surface area (Å²) in [5.74, 6) is -2.83. The summed E-state index contributed by atoms with van der Waals surface area (Å²) >= 11 is 0.961. The number of thiazole rings is 1. The van der Waals surface area contributed by atoms with Crippen molar-refractivity contribution in [3.63, 3.8) is 0 Å². The number of oxime groups is 1. The number of ether oxygens (including phenoxy) is 2. The number of rotatable bonds is 13. The van der Waals surface area contributed by atoms with Gasteiger partial charge in [0.2, 0.25) is 0 Å². The third-order valence-electron chi connectivity index (χ3n) is 9.81. The predicted octanol–water partition coefficient (Wildman–Crippen LogP) is 0.725. The number of aromatic nitrogens is 1. The van der Waals surface area contributed by atoms with Crippen LogP contribution in [0.5, 0.6) is 5.75 Å². The highest BCUT2D eigenvalue weighted by Crippen LogP contribution is 2.36. The number of carbonyl (C=O) groups excluding carboxylic acids is 2. The maximum atomic E-state index is 13.5. The number of nitrogens with one attached hydrogen (secondary N) is 3. The van der Waals surface area contributed by atoms with Crippen LogP contribution in [-0.2, 0) is 45.1 Å². The van der Waals surface area contributed by atoms with E-state index in [0.29, 0.717) is 29.3 Å². The van der Waals surface area contributed by atoms with Gasteiger partial charge in [-0.15, -0.1) is 15.6 Å². The summed E-state index contributed by atoms with van der Waals surface area (Å²) in [6.07, 6.45) is 2.66. The maximum Gasteiger partial charge on any atom is 0.418 e. The summed E-state index contributed by atoms with van der Waals surface area (Å²) in [6, 6.07) is 3.93. The lowest BCUT2D eigenvalue weighted by Gasteiger charge is -2.50. The summed E-state index contributed by atoms with van der Waals surface area (Å²) in [7, 11) is -3.37. The molecule has 1 aromatic carbocycles. The minimum atomic E-state index is -5.04. The fraction of sp³-hybridized carbons (Fsp3) is 0.548. The fourth-order valence-electron chi connectivity index (χ4n) is 6.40. The van der Waals surface area contributed by atoms with Crippen LogP contribution in [0.4, 0.5) is 5.13 Å². The molecule has 3 unspecified atom stereocenters. The number of methoxy groups -OCH3 is 1. The highest BCUT2D eigenvalue weighted by molar-refractivity contribution is 7.80. The topological polar surface area (TPSA) is 291 Å². The molecule has 0 spiro atoms. The number of nitrogens with two attached hydrogens (primary N) is 2. The monoisotopic (exact) mass is 766 g/mol. The van der Waals surface area contributed by atoms with Crippen molar-refractivity contribution in [3.8, 4) is 5.75 Å². The van der Waals surface area contributed by atoms with E-state index < -0.39 is 57.2 Å². The quantitative estimate of drug-likeness (QED) is 0.0486. The van der Waals surface area contributed by atoms with Gasteiger partial charge in [-0.3, -0.25) is 19.6 Å². The van der Waals surface area contributed by atoms with Crippen LogP contribution in [0.3, 0.4) is 0 Å². The first kappa shape index (κ1) is 38.8. The number of benzene rings is 1. The molecule has 2 aliphatic heterocycles. The Morgan fingerprint density at radius 2 is 1.94 bits per heavy atom. The molecule has 0 radical (unpaired) electrons. The second kappa shape index (κ2) is 14.5. The number of amidine groups is 1. The number of nitrogen functional groups attached to an aromatic ring is 1. The van der Waals surface area contributed by atoms with Crippen LogP contribution in [0.25, 0.3) is 0 Å². The zero-order valence-electron chi connectivity index (χ0n) is 28.9. The molecule has 52 heavy (non-hydrogen) atoms. The van der Waals surface area contributed by atoms with Crippen LogP contribution in [0, 0.1) is 5.41 Å². The number of fused-ring (bicyclic) bond motifs is 1. The third-order valence-corrected chi connectivity index (χ3v) is 10.8.